The molecule has 1 saturated heterocycles. The van der Waals surface area contributed by atoms with Gasteiger partial charge in [-0.05, 0) is 58.1 Å². The highest BCUT2D eigenvalue weighted by molar-refractivity contribution is 7.18. The minimum atomic E-state index is -0.601. The summed E-state index contributed by atoms with van der Waals surface area (Å²) in [5, 5.41) is 14.9. The maximum absolute atomic E-state index is 12.4. The maximum Gasteiger partial charge on any atom is 0.410 e. The number of amides is 2. The minimum absolute atomic E-state index is 0.0504. The lowest BCUT2D eigenvalue weighted by Gasteiger charge is -2.34. The van der Waals surface area contributed by atoms with Crippen LogP contribution in [-0.4, -0.2) is 52.7 Å². The molecule has 2 heterocycles. The third kappa shape index (κ3) is 6.56. The average molecular weight is 431 g/mol. The zero-order valence-corrected chi connectivity index (χ0v) is 17.8. The molecule has 156 valence electrons. The Balaban J connectivity index is 1.92. The molecule has 28 heavy (non-hydrogen) atoms. The SMILES string of the molecule is CC(C)(C)OC(=O)N1CCC(CC(NC(=O)c2ccc(Cl)s2)C(N)=NO)CC1. The predicted molar refractivity (Wildman–Crippen MR) is 109 cm³/mol. The number of oxime groups is 1. The van der Waals surface area contributed by atoms with Crippen LogP contribution in [0.4, 0.5) is 4.79 Å². The fourth-order valence-corrected chi connectivity index (χ4v) is 3.95. The molecule has 0 radical (unpaired) electrons. The minimum Gasteiger partial charge on any atom is -0.444 e. The quantitative estimate of drug-likeness (QED) is 0.287. The highest BCUT2D eigenvalue weighted by atomic mass is 35.5. The molecule has 1 aromatic rings. The summed E-state index contributed by atoms with van der Waals surface area (Å²) in [6, 6.07) is 2.67. The first kappa shape index (κ1) is 22.3. The molecular formula is C18H27ClN4O4S. The summed E-state index contributed by atoms with van der Waals surface area (Å²) >= 11 is 7.04. The molecule has 0 aromatic carbocycles. The number of ether oxygens (including phenoxy) is 1. The van der Waals surface area contributed by atoms with Gasteiger partial charge in [0.2, 0.25) is 0 Å². The van der Waals surface area contributed by atoms with Gasteiger partial charge in [-0.3, -0.25) is 4.79 Å². The molecule has 2 amide bonds. The van der Waals surface area contributed by atoms with Crippen LogP contribution in [0.15, 0.2) is 17.3 Å². The largest absolute Gasteiger partial charge is 0.444 e. The number of hydrogen-bond donors (Lipinski definition) is 3. The molecule has 0 aliphatic carbocycles. The van der Waals surface area contributed by atoms with Crippen molar-refractivity contribution in [3.8, 4) is 0 Å². The van der Waals surface area contributed by atoms with Crippen LogP contribution in [0.25, 0.3) is 0 Å². The summed E-state index contributed by atoms with van der Waals surface area (Å²) in [5.41, 5.74) is 5.26. The van der Waals surface area contributed by atoms with Crippen LogP contribution in [0.5, 0.6) is 0 Å². The van der Waals surface area contributed by atoms with Gasteiger partial charge < -0.3 is 25.9 Å². The number of nitrogens with one attached hydrogen (secondary N) is 1. The van der Waals surface area contributed by atoms with Crippen LogP contribution >= 0.6 is 22.9 Å². The van der Waals surface area contributed by atoms with Crippen molar-refractivity contribution in [1.29, 1.82) is 0 Å². The van der Waals surface area contributed by atoms with Crippen molar-refractivity contribution in [2.24, 2.45) is 16.8 Å². The molecule has 1 atom stereocenters. The number of amidine groups is 1. The Kier molecular flexibility index (Phi) is 7.54. The lowest BCUT2D eigenvalue weighted by molar-refractivity contribution is 0.0180. The number of rotatable bonds is 5. The number of piperidine rings is 1. The van der Waals surface area contributed by atoms with E-state index in [1.165, 1.54) is 0 Å². The van der Waals surface area contributed by atoms with Gasteiger partial charge >= 0.3 is 6.09 Å². The van der Waals surface area contributed by atoms with Gasteiger partial charge in [0.25, 0.3) is 5.91 Å². The molecule has 2 rings (SSSR count). The highest BCUT2D eigenvalue weighted by Crippen LogP contribution is 2.25. The van der Waals surface area contributed by atoms with Gasteiger partial charge in [0, 0.05) is 13.1 Å². The smallest absolute Gasteiger partial charge is 0.410 e. The van der Waals surface area contributed by atoms with E-state index in [0.717, 1.165) is 24.2 Å². The fourth-order valence-electron chi connectivity index (χ4n) is 3.00. The number of halogens is 1. The molecule has 8 nitrogen and oxygen atoms in total. The summed E-state index contributed by atoms with van der Waals surface area (Å²) in [6.45, 7) is 6.64. The van der Waals surface area contributed by atoms with Crippen LogP contribution in [-0.2, 0) is 4.74 Å². The predicted octanol–water partition coefficient (Wildman–Crippen LogP) is 3.28. The Bertz CT molecular complexity index is 723. The van der Waals surface area contributed by atoms with Crippen molar-refractivity contribution in [2.75, 3.05) is 13.1 Å². The van der Waals surface area contributed by atoms with E-state index >= 15 is 0 Å². The van der Waals surface area contributed by atoms with Gasteiger partial charge in [0.15, 0.2) is 5.84 Å². The lowest BCUT2D eigenvalue weighted by Crippen LogP contribution is -2.47. The molecular weight excluding hydrogens is 404 g/mol. The molecule has 1 aliphatic heterocycles. The summed E-state index contributed by atoms with van der Waals surface area (Å²) in [7, 11) is 0. The monoisotopic (exact) mass is 430 g/mol. The number of nitrogens with two attached hydrogens (primary N) is 1. The Morgan fingerprint density at radius 3 is 2.57 bits per heavy atom. The molecule has 0 spiro atoms. The molecule has 4 N–H and O–H groups in total. The van der Waals surface area contributed by atoms with Gasteiger partial charge in [-0.25, -0.2) is 4.79 Å². The van der Waals surface area contributed by atoms with Crippen molar-refractivity contribution in [2.45, 2.75) is 51.7 Å². The first-order valence-corrected chi connectivity index (χ1v) is 10.3. The normalized spacial score (nSPS) is 17.3. The van der Waals surface area contributed by atoms with Gasteiger partial charge in [-0.2, -0.15) is 0 Å². The van der Waals surface area contributed by atoms with Gasteiger partial charge in [0.05, 0.1) is 15.3 Å². The second kappa shape index (κ2) is 9.47. The molecule has 1 aromatic heterocycles. The van der Waals surface area contributed by atoms with Crippen LogP contribution < -0.4 is 11.1 Å². The van der Waals surface area contributed by atoms with Crippen molar-refractivity contribution < 1.29 is 19.5 Å². The Morgan fingerprint density at radius 1 is 1.43 bits per heavy atom. The fraction of sp³-hybridized carbons (Fsp3) is 0.611. The van der Waals surface area contributed by atoms with Crippen LogP contribution in [0.3, 0.4) is 0 Å². The van der Waals surface area contributed by atoms with Gasteiger partial charge in [-0.1, -0.05) is 16.8 Å². The first-order valence-electron chi connectivity index (χ1n) is 9.10. The second-order valence-corrected chi connectivity index (χ2v) is 9.52. The van der Waals surface area contributed by atoms with E-state index < -0.39 is 11.6 Å². The van der Waals surface area contributed by atoms with Crippen molar-refractivity contribution in [3.05, 3.63) is 21.3 Å². The van der Waals surface area contributed by atoms with E-state index in [1.54, 1.807) is 17.0 Å². The lowest BCUT2D eigenvalue weighted by atomic mass is 9.90. The maximum atomic E-state index is 12.4. The Labute approximate surface area is 173 Å². The summed E-state index contributed by atoms with van der Waals surface area (Å²) in [4.78, 5) is 26.7. The third-order valence-electron chi connectivity index (χ3n) is 4.41. The standard InChI is InChI=1S/C18H27ClN4O4S/c1-18(2,3)27-17(25)23-8-6-11(7-9-23)10-12(15(20)22-26)21-16(24)13-4-5-14(19)28-13/h4-5,11-12,26H,6-10H2,1-3H3,(H2,20,22)(H,21,24). The number of thiophene rings is 1. The second-order valence-electron chi connectivity index (χ2n) is 7.80. The van der Waals surface area contributed by atoms with Crippen molar-refractivity contribution in [3.63, 3.8) is 0 Å². The highest BCUT2D eigenvalue weighted by Gasteiger charge is 2.29. The molecule has 0 bridgehead atoms. The average Bonchev–Trinajstić information content (AvgIpc) is 3.06. The first-order chi connectivity index (χ1) is 13.1. The van der Waals surface area contributed by atoms with Crippen LogP contribution in [0, 0.1) is 5.92 Å². The van der Waals surface area contributed by atoms with Crippen LogP contribution in [0.1, 0.15) is 49.7 Å². The van der Waals surface area contributed by atoms with E-state index in [1.807, 2.05) is 20.8 Å². The van der Waals surface area contributed by atoms with Crippen molar-refractivity contribution in [1.82, 2.24) is 10.2 Å². The summed E-state index contributed by atoms with van der Waals surface area (Å²) < 4.78 is 5.91. The molecule has 0 saturated carbocycles. The Morgan fingerprint density at radius 2 is 2.07 bits per heavy atom. The Hall–Kier alpha value is -2.00. The molecule has 1 aliphatic rings. The van der Waals surface area contributed by atoms with E-state index in [9.17, 15) is 9.59 Å². The van der Waals surface area contributed by atoms with Gasteiger partial charge in [0.1, 0.15) is 5.60 Å². The van der Waals surface area contributed by atoms with E-state index in [4.69, 9.17) is 27.3 Å². The molecule has 1 unspecified atom stereocenters. The number of likely N-dealkylation sites (tertiary alicyclic amines) is 1. The van der Waals surface area contributed by atoms with Gasteiger partial charge in [-0.15, -0.1) is 11.3 Å². The number of carbonyl (C=O) groups is 2. The molecule has 10 heteroatoms. The zero-order valence-electron chi connectivity index (χ0n) is 16.3. The summed E-state index contributed by atoms with van der Waals surface area (Å²) in [5.74, 6) is -0.151. The van der Waals surface area contributed by atoms with E-state index in [0.29, 0.717) is 28.7 Å². The van der Waals surface area contributed by atoms with Crippen LogP contribution in [0.2, 0.25) is 4.34 Å². The zero-order chi connectivity index (χ0) is 20.9. The van der Waals surface area contributed by atoms with E-state index in [2.05, 4.69) is 10.5 Å². The number of carbonyl (C=O) groups excluding carboxylic acids is 2. The molecule has 1 fully saturated rings. The van der Waals surface area contributed by atoms with Crippen molar-refractivity contribution >= 4 is 40.8 Å². The third-order valence-corrected chi connectivity index (χ3v) is 5.64. The number of hydrogen-bond acceptors (Lipinski definition) is 6. The summed E-state index contributed by atoms with van der Waals surface area (Å²) in [6.07, 6.45) is 1.69. The number of nitrogens with zero attached hydrogens (tertiary/aromatic N) is 2. The van der Waals surface area contributed by atoms with E-state index in [-0.39, 0.29) is 23.8 Å². The topological polar surface area (TPSA) is 117 Å².